The topological polar surface area (TPSA) is 80.3 Å². The second-order valence-corrected chi connectivity index (χ2v) is 4.67. The first kappa shape index (κ1) is 13.6. The van der Waals surface area contributed by atoms with Crippen LogP contribution in [-0.4, -0.2) is 30.0 Å². The first-order valence-corrected chi connectivity index (χ1v) is 6.20. The molecule has 1 unspecified atom stereocenters. The van der Waals surface area contributed by atoms with Gasteiger partial charge in [-0.05, 0) is 25.0 Å². The Balaban J connectivity index is 2.15. The molecule has 2 rings (SSSR count). The smallest absolute Gasteiger partial charge is 0.305 e. The molecule has 0 bridgehead atoms. The molecule has 1 aliphatic rings. The highest BCUT2D eigenvalue weighted by Gasteiger charge is 2.28. The maximum atomic E-state index is 11.9. The third-order valence-corrected chi connectivity index (χ3v) is 3.12. The van der Waals surface area contributed by atoms with E-state index < -0.39 is 6.04 Å². The number of halogens is 1. The van der Waals surface area contributed by atoms with Crippen LogP contribution in [0.3, 0.4) is 0 Å². The summed E-state index contributed by atoms with van der Waals surface area (Å²) in [5, 5.41) is 6.12. The second-order valence-electron chi connectivity index (χ2n) is 4.29. The molecule has 1 aliphatic heterocycles. The molecule has 102 valence electrons. The van der Waals surface area contributed by atoms with E-state index in [0.717, 1.165) is 5.56 Å². The number of aryl methyl sites for hydroxylation is 1. The molecule has 1 amide bonds. The fraction of sp³-hybridized carbons (Fsp3) is 0.417. The molecule has 1 aromatic rings. The molecule has 0 saturated heterocycles. The number of esters is 1. The van der Waals surface area contributed by atoms with E-state index >= 15 is 0 Å². The van der Waals surface area contributed by atoms with Gasteiger partial charge in [-0.15, -0.1) is 0 Å². The average Bonchev–Trinajstić information content (AvgIpc) is 2.37. The lowest BCUT2D eigenvalue weighted by Crippen LogP contribution is -2.40. The van der Waals surface area contributed by atoms with Crippen molar-refractivity contribution < 1.29 is 14.3 Å². The summed E-state index contributed by atoms with van der Waals surface area (Å²) in [4.78, 5) is 27.1. The molecule has 1 atom stereocenters. The Labute approximate surface area is 115 Å². The van der Waals surface area contributed by atoms with E-state index in [-0.39, 0.29) is 18.3 Å². The van der Waals surface area contributed by atoms with Crippen molar-refractivity contribution >= 4 is 35.0 Å². The second kappa shape index (κ2) is 5.44. The van der Waals surface area contributed by atoms with Gasteiger partial charge in [-0.25, -0.2) is 4.98 Å². The maximum absolute atomic E-state index is 11.9. The van der Waals surface area contributed by atoms with Crippen molar-refractivity contribution in [2.45, 2.75) is 25.8 Å². The van der Waals surface area contributed by atoms with Gasteiger partial charge < -0.3 is 15.4 Å². The number of hydrogen-bond acceptors (Lipinski definition) is 5. The quantitative estimate of drug-likeness (QED) is 0.652. The zero-order chi connectivity index (χ0) is 14.0. The van der Waals surface area contributed by atoms with Gasteiger partial charge in [0.05, 0.1) is 12.8 Å². The van der Waals surface area contributed by atoms with E-state index in [1.54, 1.807) is 6.07 Å². The van der Waals surface area contributed by atoms with Crippen molar-refractivity contribution in [3.8, 4) is 0 Å². The number of nitrogens with one attached hydrogen (secondary N) is 2. The Bertz CT molecular complexity index is 533. The number of methoxy groups -OCH3 is 1. The van der Waals surface area contributed by atoms with Crippen LogP contribution in [0.15, 0.2) is 6.07 Å². The highest BCUT2D eigenvalue weighted by atomic mass is 35.5. The van der Waals surface area contributed by atoms with Gasteiger partial charge in [0.25, 0.3) is 0 Å². The van der Waals surface area contributed by atoms with Gasteiger partial charge in [0.15, 0.2) is 5.82 Å². The Morgan fingerprint density at radius 3 is 3.00 bits per heavy atom. The lowest BCUT2D eigenvalue weighted by atomic mass is 10.1. The molecule has 0 aliphatic carbocycles. The van der Waals surface area contributed by atoms with Crippen molar-refractivity contribution in [2.24, 2.45) is 0 Å². The molecule has 6 nitrogen and oxygen atoms in total. The standard InChI is InChI=1S/C12H14ClN3O3/c1-6-5-8(13)15-11-10(6)16-12(18)7(14-11)3-4-9(17)19-2/h5,7H,3-4H2,1-2H3,(H,14,15)(H,16,18). The number of nitrogens with zero attached hydrogens (tertiary/aromatic N) is 1. The van der Waals surface area contributed by atoms with Crippen molar-refractivity contribution in [3.63, 3.8) is 0 Å². The Hall–Kier alpha value is -1.82. The highest BCUT2D eigenvalue weighted by Crippen LogP contribution is 2.31. The number of carbonyl (C=O) groups is 2. The number of carbonyl (C=O) groups excluding carboxylic acids is 2. The minimum absolute atomic E-state index is 0.163. The van der Waals surface area contributed by atoms with Crippen LogP contribution >= 0.6 is 11.6 Å². The Morgan fingerprint density at radius 2 is 2.32 bits per heavy atom. The molecule has 7 heteroatoms. The molecule has 0 spiro atoms. The predicted molar refractivity (Wildman–Crippen MR) is 71.3 cm³/mol. The Kier molecular flexibility index (Phi) is 3.90. The SMILES string of the molecule is COC(=O)CCC1Nc2nc(Cl)cc(C)c2NC1=O. The summed E-state index contributed by atoms with van der Waals surface area (Å²) in [6, 6.07) is 1.16. The van der Waals surface area contributed by atoms with Crippen LogP contribution in [0.25, 0.3) is 0 Å². The maximum Gasteiger partial charge on any atom is 0.305 e. The number of hydrogen-bond donors (Lipinski definition) is 2. The van der Waals surface area contributed by atoms with Crippen LogP contribution in [0, 0.1) is 6.92 Å². The number of anilines is 2. The molecule has 2 N–H and O–H groups in total. The van der Waals surface area contributed by atoms with Crippen molar-refractivity contribution in [3.05, 3.63) is 16.8 Å². The highest BCUT2D eigenvalue weighted by molar-refractivity contribution is 6.29. The minimum Gasteiger partial charge on any atom is -0.469 e. The minimum atomic E-state index is -0.517. The molecule has 19 heavy (non-hydrogen) atoms. The summed E-state index contributed by atoms with van der Waals surface area (Å²) in [7, 11) is 1.32. The molecule has 0 fully saturated rings. The van der Waals surface area contributed by atoms with Gasteiger partial charge in [-0.2, -0.15) is 0 Å². The molecule has 1 aromatic heterocycles. The van der Waals surface area contributed by atoms with E-state index in [4.69, 9.17) is 11.6 Å². The number of pyridine rings is 1. The molecule has 2 heterocycles. The van der Waals surface area contributed by atoms with Crippen LogP contribution in [-0.2, 0) is 14.3 Å². The van der Waals surface area contributed by atoms with Gasteiger partial charge >= 0.3 is 5.97 Å². The van der Waals surface area contributed by atoms with E-state index in [9.17, 15) is 9.59 Å². The van der Waals surface area contributed by atoms with Crippen LogP contribution in [0.1, 0.15) is 18.4 Å². The van der Waals surface area contributed by atoms with Crippen molar-refractivity contribution in [1.82, 2.24) is 4.98 Å². The summed E-state index contributed by atoms with van der Waals surface area (Å²) in [5.74, 6) is -0.0151. The number of ether oxygens (including phenoxy) is 1. The zero-order valence-electron chi connectivity index (χ0n) is 10.6. The third kappa shape index (κ3) is 2.96. The normalized spacial score (nSPS) is 17.2. The van der Waals surface area contributed by atoms with E-state index in [1.807, 2.05) is 6.92 Å². The van der Waals surface area contributed by atoms with Gasteiger partial charge in [0.2, 0.25) is 5.91 Å². The molecule has 0 saturated carbocycles. The monoisotopic (exact) mass is 283 g/mol. The predicted octanol–water partition coefficient (Wildman–Crippen LogP) is 1.73. The number of amides is 1. The van der Waals surface area contributed by atoms with Gasteiger partial charge in [-0.3, -0.25) is 9.59 Å². The summed E-state index contributed by atoms with van der Waals surface area (Å²) >= 11 is 5.88. The van der Waals surface area contributed by atoms with Crippen molar-refractivity contribution in [2.75, 3.05) is 17.7 Å². The van der Waals surface area contributed by atoms with Gasteiger partial charge in [0, 0.05) is 6.42 Å². The van der Waals surface area contributed by atoms with Crippen LogP contribution in [0.2, 0.25) is 5.15 Å². The summed E-state index contributed by atoms with van der Waals surface area (Å²) in [6.45, 7) is 1.84. The first-order valence-electron chi connectivity index (χ1n) is 5.82. The number of aromatic nitrogens is 1. The lowest BCUT2D eigenvalue weighted by Gasteiger charge is -2.26. The fourth-order valence-electron chi connectivity index (χ4n) is 1.90. The average molecular weight is 284 g/mol. The van der Waals surface area contributed by atoms with Crippen LogP contribution in [0.5, 0.6) is 0 Å². The van der Waals surface area contributed by atoms with Gasteiger partial charge in [-0.1, -0.05) is 11.6 Å². The zero-order valence-corrected chi connectivity index (χ0v) is 11.4. The molecule has 0 aromatic carbocycles. The van der Waals surface area contributed by atoms with E-state index in [2.05, 4.69) is 20.4 Å². The summed E-state index contributed by atoms with van der Waals surface area (Å²) < 4.78 is 4.55. The molecular formula is C12H14ClN3O3. The molecular weight excluding hydrogens is 270 g/mol. The number of rotatable bonds is 3. The largest absolute Gasteiger partial charge is 0.469 e. The lowest BCUT2D eigenvalue weighted by molar-refractivity contribution is -0.140. The Morgan fingerprint density at radius 1 is 1.58 bits per heavy atom. The van der Waals surface area contributed by atoms with Crippen molar-refractivity contribution in [1.29, 1.82) is 0 Å². The number of fused-ring (bicyclic) bond motifs is 1. The van der Waals surface area contributed by atoms with E-state index in [1.165, 1.54) is 7.11 Å². The van der Waals surface area contributed by atoms with Crippen LogP contribution < -0.4 is 10.6 Å². The van der Waals surface area contributed by atoms with Crippen LogP contribution in [0.4, 0.5) is 11.5 Å². The summed E-state index contributed by atoms with van der Waals surface area (Å²) in [6.07, 6.45) is 0.502. The van der Waals surface area contributed by atoms with E-state index in [0.29, 0.717) is 23.1 Å². The fourth-order valence-corrected chi connectivity index (χ4v) is 2.15. The third-order valence-electron chi connectivity index (χ3n) is 2.93. The van der Waals surface area contributed by atoms with Gasteiger partial charge in [0.1, 0.15) is 11.2 Å². The first-order chi connectivity index (χ1) is 9.01. The molecule has 0 radical (unpaired) electrons. The summed E-state index contributed by atoms with van der Waals surface area (Å²) in [5.41, 5.74) is 1.46.